The van der Waals surface area contributed by atoms with Gasteiger partial charge in [-0.1, -0.05) is 0 Å². The number of hydrogen-bond acceptors (Lipinski definition) is 4. The van der Waals surface area contributed by atoms with Crippen molar-refractivity contribution in [1.29, 1.82) is 0 Å². The molecule has 1 amide bonds. The number of hydrogen-bond donors (Lipinski definition) is 1. The summed E-state index contributed by atoms with van der Waals surface area (Å²) in [5.41, 5.74) is 1.07. The minimum absolute atomic E-state index is 0.0738. The Bertz CT molecular complexity index is 800. The first-order valence-electron chi connectivity index (χ1n) is 8.25. The van der Waals surface area contributed by atoms with Gasteiger partial charge in [0.25, 0.3) is 0 Å². The zero-order valence-corrected chi connectivity index (χ0v) is 15.2. The van der Waals surface area contributed by atoms with E-state index in [1.54, 1.807) is 43.1 Å². The summed E-state index contributed by atoms with van der Waals surface area (Å²) in [6.45, 7) is 2.06. The maximum atomic E-state index is 12.6. The normalized spacial score (nSPS) is 12.9. The van der Waals surface area contributed by atoms with Crippen LogP contribution in [0, 0.1) is 0 Å². The third-order valence-electron chi connectivity index (χ3n) is 4.14. The largest absolute Gasteiger partial charge is 0.406 e. The molecule has 0 saturated heterocycles. The number of rotatable bonds is 7. The van der Waals surface area contributed by atoms with Gasteiger partial charge in [-0.15, -0.1) is 0 Å². The van der Waals surface area contributed by atoms with Crippen LogP contribution in [0.2, 0.25) is 0 Å². The zero-order chi connectivity index (χ0) is 20.2. The number of benzene rings is 1. The highest BCUT2D eigenvalue weighted by Gasteiger charge is 2.29. The molecule has 6 nitrogen and oxygen atoms in total. The first-order valence-corrected chi connectivity index (χ1v) is 8.25. The van der Waals surface area contributed by atoms with Gasteiger partial charge in [-0.2, -0.15) is 13.2 Å². The second-order valence-electron chi connectivity index (χ2n) is 6.30. The quantitative estimate of drug-likeness (QED) is 0.748. The second kappa shape index (κ2) is 8.34. The number of imidazole rings is 1. The third-order valence-corrected chi connectivity index (χ3v) is 4.14. The number of aromatic nitrogens is 2. The topological polar surface area (TPSA) is 67.2 Å². The Hall–Kier alpha value is -2.68. The third kappa shape index (κ3) is 5.92. The molecule has 0 aliphatic carbocycles. The van der Waals surface area contributed by atoms with Gasteiger partial charge in [-0.25, -0.2) is 4.98 Å². The molecular weight excluding hydrogens is 361 g/mol. The van der Waals surface area contributed by atoms with E-state index in [4.69, 9.17) is 0 Å². The van der Waals surface area contributed by atoms with E-state index < -0.39 is 18.8 Å². The highest BCUT2D eigenvalue weighted by atomic mass is 19.4. The van der Waals surface area contributed by atoms with Crippen LogP contribution in [0.15, 0.2) is 36.7 Å². The van der Waals surface area contributed by atoms with Gasteiger partial charge in [-0.05, 0) is 45.2 Å². The number of nitrogens with zero attached hydrogens (tertiary/aromatic N) is 3. The lowest BCUT2D eigenvalue weighted by Gasteiger charge is -2.24. The van der Waals surface area contributed by atoms with Crippen LogP contribution in [0.3, 0.4) is 0 Å². The number of amides is 1. The number of alkyl halides is 3. The number of carbonyl (C=O) groups is 2. The summed E-state index contributed by atoms with van der Waals surface area (Å²) in [5.74, 6) is -0.169. The van der Waals surface area contributed by atoms with E-state index in [9.17, 15) is 22.8 Å². The van der Waals surface area contributed by atoms with Crippen molar-refractivity contribution in [3.05, 3.63) is 48.0 Å². The van der Waals surface area contributed by atoms with Gasteiger partial charge in [-0.3, -0.25) is 14.5 Å². The summed E-state index contributed by atoms with van der Waals surface area (Å²) in [6, 6.07) is 5.86. The minimum atomic E-state index is -4.34. The van der Waals surface area contributed by atoms with Crippen LogP contribution in [0.5, 0.6) is 0 Å². The summed E-state index contributed by atoms with van der Waals surface area (Å²) in [7, 11) is 1.63. The highest BCUT2D eigenvalue weighted by molar-refractivity contribution is 5.96. The minimum Gasteiger partial charge on any atom is -0.325 e. The number of halogens is 3. The van der Waals surface area contributed by atoms with Crippen molar-refractivity contribution in [1.82, 2.24) is 14.5 Å². The van der Waals surface area contributed by atoms with Gasteiger partial charge in [0.2, 0.25) is 5.91 Å². The van der Waals surface area contributed by atoms with Crippen LogP contribution in [-0.2, 0) is 17.9 Å². The predicted octanol–water partition coefficient (Wildman–Crippen LogP) is 3.11. The molecule has 1 unspecified atom stereocenters. The molecule has 1 atom stereocenters. The van der Waals surface area contributed by atoms with Crippen molar-refractivity contribution in [3.63, 3.8) is 0 Å². The van der Waals surface area contributed by atoms with Gasteiger partial charge in [0.05, 0.1) is 12.6 Å². The first kappa shape index (κ1) is 20.6. The molecule has 1 N–H and O–H groups in total. The van der Waals surface area contributed by atoms with Crippen LogP contribution in [0.25, 0.3) is 0 Å². The molecule has 0 aliphatic heterocycles. The van der Waals surface area contributed by atoms with Crippen LogP contribution >= 0.6 is 0 Å². The molecule has 2 rings (SSSR count). The van der Waals surface area contributed by atoms with Crippen molar-refractivity contribution in [2.45, 2.75) is 39.2 Å². The van der Waals surface area contributed by atoms with Crippen molar-refractivity contribution in [2.24, 2.45) is 0 Å². The van der Waals surface area contributed by atoms with E-state index in [0.717, 1.165) is 4.57 Å². The molecule has 1 aromatic carbocycles. The van der Waals surface area contributed by atoms with Crippen LogP contribution in [-0.4, -0.2) is 45.4 Å². The Balaban J connectivity index is 1.98. The average molecular weight is 382 g/mol. The van der Waals surface area contributed by atoms with Gasteiger partial charge in [0.1, 0.15) is 12.4 Å². The fourth-order valence-corrected chi connectivity index (χ4v) is 2.42. The van der Waals surface area contributed by atoms with Crippen molar-refractivity contribution in [2.75, 3.05) is 12.4 Å². The maximum Gasteiger partial charge on any atom is 0.406 e. The SMILES string of the molecule is CC(=O)c1ccc(NC(=O)C(C)N(C)Cc2nccn2CC(F)(F)F)cc1. The molecule has 0 spiro atoms. The van der Waals surface area contributed by atoms with Crippen molar-refractivity contribution < 1.29 is 22.8 Å². The zero-order valence-electron chi connectivity index (χ0n) is 15.2. The molecule has 0 aliphatic rings. The molecule has 0 radical (unpaired) electrons. The Labute approximate surface area is 155 Å². The van der Waals surface area contributed by atoms with Gasteiger partial charge in [0.15, 0.2) is 5.78 Å². The molecule has 9 heteroatoms. The molecule has 0 fully saturated rings. The smallest absolute Gasteiger partial charge is 0.325 e. The monoisotopic (exact) mass is 382 g/mol. The number of ketones is 1. The molecule has 2 aromatic rings. The van der Waals surface area contributed by atoms with Gasteiger partial charge < -0.3 is 9.88 Å². The molecule has 0 saturated carbocycles. The number of Topliss-reactive ketones (excluding diaryl/α,β-unsaturated/α-hetero) is 1. The average Bonchev–Trinajstić information content (AvgIpc) is 2.99. The number of anilines is 1. The van der Waals surface area contributed by atoms with E-state index in [1.165, 1.54) is 19.3 Å². The van der Waals surface area contributed by atoms with Crippen molar-refractivity contribution in [3.8, 4) is 0 Å². The Morgan fingerprint density at radius 1 is 1.26 bits per heavy atom. The standard InChI is InChI=1S/C18H21F3N4O2/c1-12(17(27)23-15-6-4-14(5-7-15)13(2)26)24(3)10-16-22-8-9-25(16)11-18(19,20)21/h4-9,12H,10-11H2,1-3H3,(H,23,27). The fourth-order valence-electron chi connectivity index (χ4n) is 2.42. The van der Waals surface area contributed by atoms with Crippen LogP contribution in [0.1, 0.15) is 30.0 Å². The maximum absolute atomic E-state index is 12.6. The van der Waals surface area contributed by atoms with E-state index in [1.807, 2.05) is 0 Å². The predicted molar refractivity (Wildman–Crippen MR) is 94.3 cm³/mol. The lowest BCUT2D eigenvalue weighted by atomic mass is 10.1. The van der Waals surface area contributed by atoms with Crippen LogP contribution < -0.4 is 5.32 Å². The number of carbonyl (C=O) groups excluding carboxylic acids is 2. The molecule has 0 bridgehead atoms. The summed E-state index contributed by atoms with van der Waals surface area (Å²) < 4.78 is 38.8. The van der Waals surface area contributed by atoms with E-state index in [2.05, 4.69) is 10.3 Å². The molecular formula is C18H21F3N4O2. The lowest BCUT2D eigenvalue weighted by Crippen LogP contribution is -2.39. The van der Waals surface area contributed by atoms with E-state index in [0.29, 0.717) is 11.3 Å². The molecule has 1 heterocycles. The summed E-state index contributed by atoms with van der Waals surface area (Å²) >= 11 is 0. The Kier molecular flexibility index (Phi) is 6.37. The Morgan fingerprint density at radius 2 is 1.89 bits per heavy atom. The number of nitrogens with one attached hydrogen (secondary N) is 1. The van der Waals surface area contributed by atoms with E-state index >= 15 is 0 Å². The molecule has 146 valence electrons. The van der Waals surface area contributed by atoms with Crippen molar-refractivity contribution >= 4 is 17.4 Å². The Morgan fingerprint density at radius 3 is 2.44 bits per heavy atom. The summed E-state index contributed by atoms with van der Waals surface area (Å²) in [4.78, 5) is 29.2. The fraction of sp³-hybridized carbons (Fsp3) is 0.389. The second-order valence-corrected chi connectivity index (χ2v) is 6.30. The van der Waals surface area contributed by atoms with Crippen LogP contribution in [0.4, 0.5) is 18.9 Å². The lowest BCUT2D eigenvalue weighted by molar-refractivity contribution is -0.141. The summed E-state index contributed by atoms with van der Waals surface area (Å²) in [6.07, 6.45) is -1.78. The molecule has 27 heavy (non-hydrogen) atoms. The van der Waals surface area contributed by atoms with Gasteiger partial charge >= 0.3 is 6.18 Å². The highest BCUT2D eigenvalue weighted by Crippen LogP contribution is 2.19. The molecule has 1 aromatic heterocycles. The van der Waals surface area contributed by atoms with Gasteiger partial charge in [0, 0.05) is 23.6 Å². The summed E-state index contributed by atoms with van der Waals surface area (Å²) in [5, 5.41) is 2.72. The van der Waals surface area contributed by atoms with E-state index in [-0.39, 0.29) is 24.1 Å². The first-order chi connectivity index (χ1) is 12.6. The number of likely N-dealkylation sites (N-methyl/N-ethyl adjacent to an activating group) is 1.